The maximum absolute atomic E-state index is 11.3. The van der Waals surface area contributed by atoms with Gasteiger partial charge in [-0.15, -0.1) is 0 Å². The number of rotatable bonds is 4. The van der Waals surface area contributed by atoms with E-state index in [1.807, 2.05) is 0 Å². The summed E-state index contributed by atoms with van der Waals surface area (Å²) in [7, 11) is -3.23. The van der Waals surface area contributed by atoms with Crippen LogP contribution in [0.3, 0.4) is 0 Å². The number of aromatic carboxylic acids is 1. The van der Waals surface area contributed by atoms with E-state index in [0.717, 1.165) is 6.26 Å². The van der Waals surface area contributed by atoms with Gasteiger partial charge in [-0.05, 0) is 30.3 Å². The maximum Gasteiger partial charge on any atom is 0.371 e. The number of furan rings is 1. The lowest BCUT2D eigenvalue weighted by Gasteiger charge is -2.03. The zero-order valence-electron chi connectivity index (χ0n) is 9.95. The number of nitrogens with one attached hydrogen (secondary N) is 1. The van der Waals surface area contributed by atoms with Gasteiger partial charge in [-0.2, -0.15) is 0 Å². The number of carbonyl (C=O) groups is 1. The van der Waals surface area contributed by atoms with Crippen molar-refractivity contribution < 1.29 is 22.7 Å². The van der Waals surface area contributed by atoms with E-state index in [9.17, 15) is 13.2 Å². The van der Waals surface area contributed by atoms with E-state index in [4.69, 9.17) is 9.52 Å². The van der Waals surface area contributed by atoms with Crippen molar-refractivity contribution in [3.8, 4) is 0 Å². The van der Waals surface area contributed by atoms with Gasteiger partial charge in [0.2, 0.25) is 5.76 Å². The Balaban J connectivity index is 2.17. The molecule has 2 aromatic rings. The van der Waals surface area contributed by atoms with E-state index < -0.39 is 15.8 Å². The summed E-state index contributed by atoms with van der Waals surface area (Å²) in [5, 5.41) is 11.5. The zero-order chi connectivity index (χ0) is 14.0. The van der Waals surface area contributed by atoms with Gasteiger partial charge in [0, 0.05) is 18.0 Å². The van der Waals surface area contributed by atoms with Gasteiger partial charge in [0.1, 0.15) is 0 Å². The van der Waals surface area contributed by atoms with Crippen LogP contribution in [0.2, 0.25) is 0 Å². The van der Waals surface area contributed by atoms with E-state index in [0.29, 0.717) is 5.69 Å². The molecule has 0 aliphatic heterocycles. The third-order valence-corrected chi connectivity index (χ3v) is 3.50. The molecule has 2 N–H and O–H groups in total. The van der Waals surface area contributed by atoms with Crippen LogP contribution in [0.5, 0.6) is 0 Å². The summed E-state index contributed by atoms with van der Waals surface area (Å²) in [5.41, 5.74) is 0.596. The Bertz CT molecular complexity index is 700. The highest BCUT2D eigenvalue weighted by Gasteiger charge is 2.10. The van der Waals surface area contributed by atoms with Crippen LogP contribution in [0.15, 0.2) is 45.7 Å². The van der Waals surface area contributed by atoms with Crippen LogP contribution in [-0.4, -0.2) is 25.7 Å². The monoisotopic (exact) mass is 281 g/mol. The second kappa shape index (κ2) is 4.77. The molecule has 6 nitrogen and oxygen atoms in total. The molecule has 7 heteroatoms. The summed E-state index contributed by atoms with van der Waals surface area (Å²) < 4.78 is 27.6. The Morgan fingerprint density at radius 3 is 2.26 bits per heavy atom. The number of anilines is 2. The van der Waals surface area contributed by atoms with Crippen LogP contribution in [0, 0.1) is 0 Å². The largest absolute Gasteiger partial charge is 0.475 e. The second-order valence-corrected chi connectivity index (χ2v) is 5.91. The predicted octanol–water partition coefficient (Wildman–Crippen LogP) is 2.12. The van der Waals surface area contributed by atoms with Crippen molar-refractivity contribution in [2.24, 2.45) is 0 Å². The van der Waals surface area contributed by atoms with Crippen molar-refractivity contribution in [1.82, 2.24) is 0 Å². The molecule has 0 bridgehead atoms. The summed E-state index contributed by atoms with van der Waals surface area (Å²) >= 11 is 0. The van der Waals surface area contributed by atoms with Gasteiger partial charge in [0.05, 0.1) is 4.90 Å². The molecule has 0 saturated heterocycles. The lowest BCUT2D eigenvalue weighted by atomic mass is 10.3. The summed E-state index contributed by atoms with van der Waals surface area (Å²) in [4.78, 5) is 10.8. The van der Waals surface area contributed by atoms with E-state index in [1.165, 1.54) is 24.3 Å². The standard InChI is InChI=1S/C12H11NO5S/c1-19(16,17)9-4-2-8(3-5-9)13-11-7-6-10(18-11)12(14)15/h2-7,13H,1H3,(H,14,15). The summed E-state index contributed by atoms with van der Waals surface area (Å²) in [6.07, 6.45) is 1.13. The van der Waals surface area contributed by atoms with Crippen LogP contribution in [0.4, 0.5) is 11.6 Å². The summed E-state index contributed by atoms with van der Waals surface area (Å²) in [6.45, 7) is 0. The number of carboxylic acid groups (broad SMARTS) is 1. The molecule has 100 valence electrons. The lowest BCUT2D eigenvalue weighted by molar-refractivity contribution is 0.0663. The number of benzene rings is 1. The second-order valence-electron chi connectivity index (χ2n) is 3.89. The molecule has 1 heterocycles. The molecule has 0 spiro atoms. The fourth-order valence-electron chi connectivity index (χ4n) is 1.45. The van der Waals surface area contributed by atoms with Crippen molar-refractivity contribution in [2.45, 2.75) is 4.90 Å². The third-order valence-electron chi connectivity index (χ3n) is 2.37. The number of carboxylic acids is 1. The molecule has 0 amide bonds. The Labute approximate surface area is 109 Å². The quantitative estimate of drug-likeness (QED) is 0.891. The molecule has 1 aromatic heterocycles. The fraction of sp³-hybridized carbons (Fsp3) is 0.0833. The topological polar surface area (TPSA) is 96.6 Å². The minimum atomic E-state index is -3.23. The molecule has 2 rings (SSSR count). The molecular weight excluding hydrogens is 270 g/mol. The van der Waals surface area contributed by atoms with Crippen molar-refractivity contribution in [3.63, 3.8) is 0 Å². The Morgan fingerprint density at radius 1 is 1.16 bits per heavy atom. The van der Waals surface area contributed by atoms with Gasteiger partial charge in [0.15, 0.2) is 15.7 Å². The predicted molar refractivity (Wildman–Crippen MR) is 68.5 cm³/mol. The lowest BCUT2D eigenvalue weighted by Crippen LogP contribution is -1.97. The van der Waals surface area contributed by atoms with Gasteiger partial charge in [0.25, 0.3) is 0 Å². The number of sulfone groups is 1. The van der Waals surface area contributed by atoms with E-state index in [2.05, 4.69) is 5.32 Å². The first kappa shape index (κ1) is 13.2. The van der Waals surface area contributed by atoms with Gasteiger partial charge >= 0.3 is 5.97 Å². The highest BCUT2D eigenvalue weighted by Crippen LogP contribution is 2.21. The highest BCUT2D eigenvalue weighted by atomic mass is 32.2. The van der Waals surface area contributed by atoms with E-state index in [1.54, 1.807) is 12.1 Å². The smallest absolute Gasteiger partial charge is 0.371 e. The average Bonchev–Trinajstić information content (AvgIpc) is 2.77. The SMILES string of the molecule is CS(=O)(=O)c1ccc(Nc2ccc(C(=O)O)o2)cc1. The van der Waals surface area contributed by atoms with E-state index in [-0.39, 0.29) is 16.5 Å². The van der Waals surface area contributed by atoms with Crippen LogP contribution in [0.1, 0.15) is 10.6 Å². The minimum Gasteiger partial charge on any atom is -0.475 e. The molecule has 0 atom stereocenters. The van der Waals surface area contributed by atoms with Crippen molar-refractivity contribution in [2.75, 3.05) is 11.6 Å². The maximum atomic E-state index is 11.3. The first-order valence-corrected chi connectivity index (χ1v) is 7.16. The average molecular weight is 281 g/mol. The normalized spacial score (nSPS) is 11.2. The van der Waals surface area contributed by atoms with E-state index >= 15 is 0 Å². The molecular formula is C12H11NO5S. The molecule has 19 heavy (non-hydrogen) atoms. The number of hydrogen-bond acceptors (Lipinski definition) is 5. The van der Waals surface area contributed by atoms with Crippen molar-refractivity contribution in [1.29, 1.82) is 0 Å². The fourth-order valence-corrected chi connectivity index (χ4v) is 2.08. The van der Waals surface area contributed by atoms with Crippen LogP contribution >= 0.6 is 0 Å². The third kappa shape index (κ3) is 3.14. The van der Waals surface area contributed by atoms with Gasteiger partial charge in [-0.3, -0.25) is 0 Å². The van der Waals surface area contributed by atoms with Gasteiger partial charge in [-0.25, -0.2) is 13.2 Å². The minimum absolute atomic E-state index is 0.171. The Hall–Kier alpha value is -2.28. The highest BCUT2D eigenvalue weighted by molar-refractivity contribution is 7.90. The number of hydrogen-bond donors (Lipinski definition) is 2. The molecule has 0 aliphatic rings. The summed E-state index contributed by atoms with van der Waals surface area (Å²) in [6, 6.07) is 8.86. The van der Waals surface area contributed by atoms with Crippen LogP contribution in [0.25, 0.3) is 0 Å². The molecule has 0 unspecified atom stereocenters. The summed E-state index contributed by atoms with van der Waals surface area (Å²) in [5.74, 6) is -1.06. The zero-order valence-corrected chi connectivity index (χ0v) is 10.8. The first-order chi connectivity index (χ1) is 8.86. The molecule has 1 aromatic carbocycles. The van der Waals surface area contributed by atoms with Gasteiger partial charge < -0.3 is 14.8 Å². The molecule has 0 fully saturated rings. The molecule has 0 saturated carbocycles. The molecule has 0 aliphatic carbocycles. The Morgan fingerprint density at radius 2 is 1.79 bits per heavy atom. The van der Waals surface area contributed by atoms with Crippen molar-refractivity contribution in [3.05, 3.63) is 42.2 Å². The van der Waals surface area contributed by atoms with Crippen LogP contribution < -0.4 is 5.32 Å². The van der Waals surface area contributed by atoms with Crippen LogP contribution in [-0.2, 0) is 9.84 Å². The first-order valence-electron chi connectivity index (χ1n) is 5.26. The van der Waals surface area contributed by atoms with Gasteiger partial charge in [-0.1, -0.05) is 0 Å². The molecule has 0 radical (unpaired) electrons. The Kier molecular flexibility index (Phi) is 3.30. The van der Waals surface area contributed by atoms with Crippen molar-refractivity contribution >= 4 is 27.4 Å².